The van der Waals surface area contributed by atoms with Gasteiger partial charge in [-0.2, -0.15) is 5.10 Å². The molecule has 1 atom stereocenters. The number of nitrogens with zero attached hydrogens (tertiary/aromatic N) is 3. The van der Waals surface area contributed by atoms with Crippen molar-refractivity contribution < 1.29 is 9.47 Å². The lowest BCUT2D eigenvalue weighted by atomic mass is 10.0. The van der Waals surface area contributed by atoms with Crippen LogP contribution < -0.4 is 9.47 Å². The summed E-state index contributed by atoms with van der Waals surface area (Å²) in [4.78, 5) is 6.99. The third-order valence-corrected chi connectivity index (χ3v) is 5.92. The number of rotatable bonds is 7. The van der Waals surface area contributed by atoms with E-state index in [0.717, 1.165) is 54.5 Å². The number of methoxy groups -OCH3 is 1. The van der Waals surface area contributed by atoms with E-state index in [1.807, 2.05) is 36.5 Å². The molecule has 0 saturated carbocycles. The highest BCUT2D eigenvalue weighted by Gasteiger charge is 2.26. The summed E-state index contributed by atoms with van der Waals surface area (Å²) in [5.41, 5.74) is 4.47. The van der Waals surface area contributed by atoms with Crippen LogP contribution in [0.5, 0.6) is 11.5 Å². The van der Waals surface area contributed by atoms with Gasteiger partial charge in [0.05, 0.1) is 24.0 Å². The lowest BCUT2D eigenvalue weighted by Gasteiger charge is -2.17. The van der Waals surface area contributed by atoms with Crippen LogP contribution >= 0.6 is 0 Å². The molecule has 4 aromatic rings. The van der Waals surface area contributed by atoms with E-state index in [2.05, 4.69) is 50.4 Å². The Morgan fingerprint density at radius 3 is 2.87 bits per heavy atom. The summed E-state index contributed by atoms with van der Waals surface area (Å²) in [6.07, 6.45) is 2.96. The average Bonchev–Trinajstić information content (AvgIpc) is 3.48. The molecule has 6 nitrogen and oxygen atoms in total. The van der Waals surface area contributed by atoms with Crippen molar-refractivity contribution in [1.29, 1.82) is 0 Å². The minimum Gasteiger partial charge on any atom is -0.493 e. The molecule has 1 saturated heterocycles. The topological polar surface area (TPSA) is 63.3 Å². The molecule has 6 heteroatoms. The van der Waals surface area contributed by atoms with E-state index >= 15 is 0 Å². The third-order valence-electron chi connectivity index (χ3n) is 5.92. The maximum atomic E-state index is 5.92. The van der Waals surface area contributed by atoms with Crippen molar-refractivity contribution in [2.75, 3.05) is 20.2 Å². The summed E-state index contributed by atoms with van der Waals surface area (Å²) in [5, 5.41) is 8.95. The van der Waals surface area contributed by atoms with Gasteiger partial charge in [-0.25, -0.2) is 0 Å². The molecule has 158 valence electrons. The monoisotopic (exact) mass is 414 g/mol. The predicted molar refractivity (Wildman–Crippen MR) is 120 cm³/mol. The molecule has 31 heavy (non-hydrogen) atoms. The summed E-state index contributed by atoms with van der Waals surface area (Å²) in [6.45, 7) is 3.45. The Bertz CT molecular complexity index is 1170. The number of ether oxygens (including phenoxy) is 2. The molecular formula is C25H26N4O2. The average molecular weight is 415 g/mol. The number of pyridine rings is 1. The van der Waals surface area contributed by atoms with Crippen LogP contribution in [0.25, 0.3) is 10.9 Å². The van der Waals surface area contributed by atoms with E-state index < -0.39 is 0 Å². The molecule has 1 aliphatic heterocycles. The molecule has 0 bridgehead atoms. The third kappa shape index (κ3) is 4.25. The number of likely N-dealkylation sites (tertiary alicyclic amines) is 1. The number of hydrogen-bond acceptors (Lipinski definition) is 5. The molecule has 2 aromatic heterocycles. The zero-order chi connectivity index (χ0) is 21.0. The first kappa shape index (κ1) is 19.6. The van der Waals surface area contributed by atoms with Crippen LogP contribution in [0, 0.1) is 0 Å². The Morgan fingerprint density at radius 2 is 1.97 bits per heavy atom. The minimum absolute atomic E-state index is 0.435. The smallest absolute Gasteiger partial charge is 0.161 e. The van der Waals surface area contributed by atoms with E-state index in [0.29, 0.717) is 12.5 Å². The molecule has 1 fully saturated rings. The number of para-hydroxylation sites is 2. The van der Waals surface area contributed by atoms with Gasteiger partial charge in [0.1, 0.15) is 6.61 Å². The molecule has 5 rings (SSSR count). The maximum absolute atomic E-state index is 5.92. The van der Waals surface area contributed by atoms with Crippen LogP contribution in [0.2, 0.25) is 0 Å². The van der Waals surface area contributed by atoms with Gasteiger partial charge in [-0.1, -0.05) is 30.3 Å². The van der Waals surface area contributed by atoms with Crippen molar-refractivity contribution in [3.05, 3.63) is 83.8 Å². The van der Waals surface area contributed by atoms with Crippen LogP contribution in [0.4, 0.5) is 0 Å². The Hall–Kier alpha value is -3.38. The van der Waals surface area contributed by atoms with Gasteiger partial charge >= 0.3 is 0 Å². The fraction of sp³-hybridized carbons (Fsp3) is 0.280. The second kappa shape index (κ2) is 8.78. The lowest BCUT2D eigenvalue weighted by Crippen LogP contribution is -2.20. The van der Waals surface area contributed by atoms with Crippen LogP contribution in [0.3, 0.4) is 0 Å². The zero-order valence-corrected chi connectivity index (χ0v) is 17.6. The van der Waals surface area contributed by atoms with Crippen LogP contribution in [-0.4, -0.2) is 40.3 Å². The Morgan fingerprint density at radius 1 is 1.06 bits per heavy atom. The van der Waals surface area contributed by atoms with Gasteiger partial charge in [-0.3, -0.25) is 15.0 Å². The molecule has 0 spiro atoms. The first-order valence-electron chi connectivity index (χ1n) is 10.6. The molecule has 0 unspecified atom stereocenters. The number of hydrogen-bond donors (Lipinski definition) is 1. The lowest BCUT2D eigenvalue weighted by molar-refractivity contribution is 0.280. The summed E-state index contributed by atoms with van der Waals surface area (Å²) >= 11 is 0. The number of H-pyrrole nitrogens is 1. The van der Waals surface area contributed by atoms with Gasteiger partial charge in [0.25, 0.3) is 0 Å². The number of fused-ring (bicyclic) bond motifs is 1. The van der Waals surface area contributed by atoms with Crippen LogP contribution in [0.1, 0.15) is 29.3 Å². The fourth-order valence-electron chi connectivity index (χ4n) is 4.32. The summed E-state index contributed by atoms with van der Waals surface area (Å²) in [5.74, 6) is 1.90. The molecule has 1 N–H and O–H groups in total. The van der Waals surface area contributed by atoms with Crippen molar-refractivity contribution in [1.82, 2.24) is 20.1 Å². The zero-order valence-electron chi connectivity index (χ0n) is 17.6. The molecule has 3 heterocycles. The number of benzene rings is 2. The summed E-state index contributed by atoms with van der Waals surface area (Å²) in [7, 11) is 1.65. The standard InChI is InChI=1S/C25H26N4O2/c1-30-24-9-2-3-10-25(24)31-17-20-14-23(28-27-20)19-11-13-29(16-19)15-18-6-4-8-22-21(18)7-5-12-26-22/h2-10,12,14,19H,11,13,15-17H2,1H3,(H,27,28)/t19-/m0/s1. The molecule has 0 amide bonds. The van der Waals surface area contributed by atoms with Gasteiger partial charge in [0.15, 0.2) is 11.5 Å². The second-order valence-corrected chi connectivity index (χ2v) is 7.97. The van der Waals surface area contributed by atoms with Crippen molar-refractivity contribution in [3.8, 4) is 11.5 Å². The highest BCUT2D eigenvalue weighted by Crippen LogP contribution is 2.30. The molecule has 1 aliphatic rings. The van der Waals surface area contributed by atoms with Gasteiger partial charge in [0, 0.05) is 30.6 Å². The Kier molecular flexibility index (Phi) is 5.54. The SMILES string of the molecule is COc1ccccc1OCc1cc([C@H]2CCN(Cc3cccc4ncccc34)C2)n[nH]1. The molecule has 0 radical (unpaired) electrons. The number of aromatic amines is 1. The summed E-state index contributed by atoms with van der Waals surface area (Å²) < 4.78 is 11.3. The Labute approximate surface area is 181 Å². The van der Waals surface area contributed by atoms with Crippen molar-refractivity contribution in [3.63, 3.8) is 0 Å². The normalized spacial score (nSPS) is 16.6. The second-order valence-electron chi connectivity index (χ2n) is 7.97. The van der Waals surface area contributed by atoms with Gasteiger partial charge < -0.3 is 9.47 Å². The van der Waals surface area contributed by atoms with Crippen molar-refractivity contribution in [2.24, 2.45) is 0 Å². The van der Waals surface area contributed by atoms with E-state index in [-0.39, 0.29) is 0 Å². The first-order valence-corrected chi connectivity index (χ1v) is 10.6. The quantitative estimate of drug-likeness (QED) is 0.481. The highest BCUT2D eigenvalue weighted by molar-refractivity contribution is 5.81. The Balaban J connectivity index is 1.21. The van der Waals surface area contributed by atoms with Gasteiger partial charge in [0.2, 0.25) is 0 Å². The van der Waals surface area contributed by atoms with Crippen LogP contribution in [0.15, 0.2) is 66.9 Å². The number of aromatic nitrogens is 3. The maximum Gasteiger partial charge on any atom is 0.161 e. The van der Waals surface area contributed by atoms with Crippen molar-refractivity contribution in [2.45, 2.75) is 25.5 Å². The molecular weight excluding hydrogens is 388 g/mol. The predicted octanol–water partition coefficient (Wildman–Crippen LogP) is 4.54. The van der Waals surface area contributed by atoms with E-state index in [4.69, 9.17) is 9.47 Å². The minimum atomic E-state index is 0.435. The van der Waals surface area contributed by atoms with E-state index in [1.165, 1.54) is 10.9 Å². The van der Waals surface area contributed by atoms with E-state index in [1.54, 1.807) is 7.11 Å². The largest absolute Gasteiger partial charge is 0.493 e. The van der Waals surface area contributed by atoms with Gasteiger partial charge in [-0.05, 0) is 48.9 Å². The van der Waals surface area contributed by atoms with Crippen LogP contribution in [-0.2, 0) is 13.2 Å². The molecule has 0 aliphatic carbocycles. The number of nitrogens with one attached hydrogen (secondary N) is 1. The van der Waals surface area contributed by atoms with Gasteiger partial charge in [-0.15, -0.1) is 0 Å². The fourth-order valence-corrected chi connectivity index (χ4v) is 4.32. The molecule has 2 aromatic carbocycles. The van der Waals surface area contributed by atoms with Crippen molar-refractivity contribution >= 4 is 10.9 Å². The first-order chi connectivity index (χ1) is 15.3. The highest BCUT2D eigenvalue weighted by atomic mass is 16.5. The summed E-state index contributed by atoms with van der Waals surface area (Å²) in [6, 6.07) is 20.4. The van der Waals surface area contributed by atoms with E-state index in [9.17, 15) is 0 Å².